The summed E-state index contributed by atoms with van der Waals surface area (Å²) in [6.07, 6.45) is 0. The maximum Gasteiger partial charge on any atom is 0.264 e. The number of aryl methyl sites for hydroxylation is 2. The maximum atomic E-state index is 13.1. The number of amides is 1. The number of halogens is 1. The van der Waals surface area contributed by atoms with E-state index in [-0.39, 0.29) is 15.5 Å². The summed E-state index contributed by atoms with van der Waals surface area (Å²) in [5.74, 6) is 0.128. The normalized spacial score (nSPS) is 11.1. The van der Waals surface area contributed by atoms with E-state index in [9.17, 15) is 13.2 Å². The molecule has 0 saturated heterocycles. The van der Waals surface area contributed by atoms with E-state index in [4.69, 9.17) is 16.3 Å². The Morgan fingerprint density at radius 2 is 1.65 bits per heavy atom. The molecule has 0 atom stereocenters. The van der Waals surface area contributed by atoms with E-state index in [0.29, 0.717) is 17.1 Å². The van der Waals surface area contributed by atoms with Crippen molar-refractivity contribution in [2.45, 2.75) is 18.7 Å². The van der Waals surface area contributed by atoms with Crippen LogP contribution in [0.3, 0.4) is 0 Å². The van der Waals surface area contributed by atoms with Crippen LogP contribution in [0.1, 0.15) is 21.5 Å². The Bertz CT molecular complexity index is 1220. The van der Waals surface area contributed by atoms with Gasteiger partial charge in [-0.1, -0.05) is 17.7 Å². The number of nitrogens with one attached hydrogen (secondary N) is 1. The molecular weight excluding hydrogens is 436 g/mol. The fraction of sp³-hybridized carbons (Fsp3) is 0.174. The molecule has 8 heteroatoms. The third-order valence-electron chi connectivity index (χ3n) is 5.04. The van der Waals surface area contributed by atoms with Gasteiger partial charge in [0.25, 0.3) is 15.9 Å². The number of hydrogen-bond donors (Lipinski definition) is 1. The molecule has 0 bridgehead atoms. The van der Waals surface area contributed by atoms with Crippen molar-refractivity contribution in [1.82, 2.24) is 0 Å². The number of hydrogen-bond acceptors (Lipinski definition) is 4. The van der Waals surface area contributed by atoms with Gasteiger partial charge in [-0.15, -0.1) is 0 Å². The molecule has 0 radical (unpaired) electrons. The molecule has 0 spiro atoms. The lowest BCUT2D eigenvalue weighted by atomic mass is 10.1. The van der Waals surface area contributed by atoms with Crippen molar-refractivity contribution in [2.75, 3.05) is 23.8 Å². The van der Waals surface area contributed by atoms with Gasteiger partial charge in [-0.05, 0) is 79.6 Å². The van der Waals surface area contributed by atoms with Gasteiger partial charge in [-0.2, -0.15) is 0 Å². The molecule has 1 amide bonds. The van der Waals surface area contributed by atoms with E-state index in [2.05, 4.69) is 5.32 Å². The highest BCUT2D eigenvalue weighted by molar-refractivity contribution is 7.92. The van der Waals surface area contributed by atoms with E-state index in [1.165, 1.54) is 32.4 Å². The number of nitrogens with zero attached hydrogens (tertiary/aromatic N) is 1. The minimum absolute atomic E-state index is 0.0412. The quantitative estimate of drug-likeness (QED) is 0.561. The van der Waals surface area contributed by atoms with Crippen LogP contribution in [0.15, 0.2) is 65.6 Å². The number of carbonyl (C=O) groups is 1. The van der Waals surface area contributed by atoms with Crippen molar-refractivity contribution in [3.8, 4) is 5.75 Å². The molecule has 0 saturated carbocycles. The molecular formula is C23H23ClN2O4S. The molecule has 0 aromatic heterocycles. The van der Waals surface area contributed by atoms with Crippen LogP contribution in [0.5, 0.6) is 5.75 Å². The number of benzene rings is 3. The summed E-state index contributed by atoms with van der Waals surface area (Å²) < 4.78 is 32.5. The van der Waals surface area contributed by atoms with Gasteiger partial charge in [0.1, 0.15) is 5.75 Å². The molecule has 162 valence electrons. The third kappa shape index (κ3) is 4.84. The summed E-state index contributed by atoms with van der Waals surface area (Å²) in [6.45, 7) is 3.92. The molecule has 0 aliphatic rings. The second kappa shape index (κ2) is 8.99. The maximum absolute atomic E-state index is 13.1. The zero-order valence-electron chi connectivity index (χ0n) is 17.6. The average Bonchev–Trinajstić information content (AvgIpc) is 2.76. The van der Waals surface area contributed by atoms with Gasteiger partial charge in [-0.3, -0.25) is 9.10 Å². The predicted molar refractivity (Wildman–Crippen MR) is 124 cm³/mol. The lowest BCUT2D eigenvalue weighted by molar-refractivity contribution is 0.102. The van der Waals surface area contributed by atoms with E-state index in [1.54, 1.807) is 30.3 Å². The molecule has 1 N–H and O–H groups in total. The molecule has 6 nitrogen and oxygen atoms in total. The van der Waals surface area contributed by atoms with Crippen molar-refractivity contribution in [3.63, 3.8) is 0 Å². The van der Waals surface area contributed by atoms with Gasteiger partial charge in [-0.25, -0.2) is 8.42 Å². The predicted octanol–water partition coefficient (Wildman–Crippen LogP) is 5.04. The molecule has 31 heavy (non-hydrogen) atoms. The van der Waals surface area contributed by atoms with Crippen molar-refractivity contribution >= 4 is 38.9 Å². The van der Waals surface area contributed by atoms with Gasteiger partial charge in [0.2, 0.25) is 0 Å². The molecule has 0 fully saturated rings. The average molecular weight is 459 g/mol. The summed E-state index contributed by atoms with van der Waals surface area (Å²) in [6, 6.07) is 16.2. The van der Waals surface area contributed by atoms with E-state index in [0.717, 1.165) is 15.4 Å². The van der Waals surface area contributed by atoms with E-state index < -0.39 is 15.9 Å². The third-order valence-corrected chi connectivity index (χ3v) is 7.15. The largest absolute Gasteiger partial charge is 0.497 e. The first-order valence-corrected chi connectivity index (χ1v) is 11.3. The van der Waals surface area contributed by atoms with Crippen LogP contribution in [-0.4, -0.2) is 28.5 Å². The SMILES string of the molecule is COc1ccc(N(C)S(=O)(=O)c2ccc(Cl)c(C(=O)Nc3ccc(C)c(C)c3)c2)cc1. The Morgan fingerprint density at radius 3 is 2.26 bits per heavy atom. The van der Waals surface area contributed by atoms with Crippen LogP contribution in [0.25, 0.3) is 0 Å². The van der Waals surface area contributed by atoms with Gasteiger partial charge in [0.15, 0.2) is 0 Å². The van der Waals surface area contributed by atoms with Gasteiger partial charge in [0.05, 0.1) is 28.3 Å². The Hall–Kier alpha value is -3.03. The van der Waals surface area contributed by atoms with Crippen LogP contribution in [0.2, 0.25) is 5.02 Å². The summed E-state index contributed by atoms with van der Waals surface area (Å²) in [5, 5.41) is 2.93. The minimum Gasteiger partial charge on any atom is -0.497 e. The zero-order valence-corrected chi connectivity index (χ0v) is 19.2. The first-order chi connectivity index (χ1) is 14.6. The molecule has 0 aliphatic heterocycles. The smallest absolute Gasteiger partial charge is 0.264 e. The summed E-state index contributed by atoms with van der Waals surface area (Å²) >= 11 is 6.21. The van der Waals surface area contributed by atoms with Crippen molar-refractivity contribution in [1.29, 1.82) is 0 Å². The molecule has 0 unspecified atom stereocenters. The molecule has 3 aromatic carbocycles. The van der Waals surface area contributed by atoms with Crippen LogP contribution in [0.4, 0.5) is 11.4 Å². The number of carbonyl (C=O) groups excluding carboxylic acids is 1. The first-order valence-electron chi connectivity index (χ1n) is 9.44. The fourth-order valence-corrected chi connectivity index (χ4v) is 4.37. The highest BCUT2D eigenvalue weighted by Crippen LogP contribution is 2.27. The van der Waals surface area contributed by atoms with Gasteiger partial charge in [0, 0.05) is 12.7 Å². The molecule has 3 aromatic rings. The molecule has 0 aliphatic carbocycles. The van der Waals surface area contributed by atoms with Crippen molar-refractivity contribution < 1.29 is 17.9 Å². The van der Waals surface area contributed by atoms with Gasteiger partial charge < -0.3 is 10.1 Å². The highest BCUT2D eigenvalue weighted by Gasteiger charge is 2.24. The van der Waals surface area contributed by atoms with E-state index in [1.807, 2.05) is 26.0 Å². The summed E-state index contributed by atoms with van der Waals surface area (Å²) in [7, 11) is -0.935. The lowest BCUT2D eigenvalue weighted by Gasteiger charge is -2.20. The lowest BCUT2D eigenvalue weighted by Crippen LogP contribution is -2.27. The molecule has 3 rings (SSSR count). The Balaban J connectivity index is 1.91. The number of ether oxygens (including phenoxy) is 1. The van der Waals surface area contributed by atoms with Crippen LogP contribution < -0.4 is 14.4 Å². The number of anilines is 2. The Morgan fingerprint density at radius 1 is 0.968 bits per heavy atom. The second-order valence-corrected chi connectivity index (χ2v) is 9.44. The topological polar surface area (TPSA) is 75.7 Å². The van der Waals surface area contributed by atoms with Crippen LogP contribution in [0, 0.1) is 13.8 Å². The molecule has 0 heterocycles. The highest BCUT2D eigenvalue weighted by atomic mass is 35.5. The van der Waals surface area contributed by atoms with Crippen LogP contribution in [-0.2, 0) is 10.0 Å². The second-order valence-electron chi connectivity index (χ2n) is 7.07. The van der Waals surface area contributed by atoms with Gasteiger partial charge >= 0.3 is 0 Å². The van der Waals surface area contributed by atoms with Crippen molar-refractivity contribution in [2.24, 2.45) is 0 Å². The Labute approximate surface area is 187 Å². The minimum atomic E-state index is -3.92. The number of sulfonamides is 1. The fourth-order valence-electron chi connectivity index (χ4n) is 2.95. The zero-order chi connectivity index (χ0) is 22.8. The standard InChI is InChI=1S/C23H23ClN2O4S/c1-15-5-6-17(13-16(15)2)25-23(27)21-14-20(11-12-22(21)24)31(28,29)26(3)18-7-9-19(30-4)10-8-18/h5-14H,1-4H3,(H,25,27). The number of rotatable bonds is 6. The van der Waals surface area contributed by atoms with Crippen LogP contribution >= 0.6 is 11.6 Å². The van der Waals surface area contributed by atoms with E-state index >= 15 is 0 Å². The monoisotopic (exact) mass is 458 g/mol. The Kier molecular flexibility index (Phi) is 6.57. The van der Waals surface area contributed by atoms with Crippen molar-refractivity contribution in [3.05, 3.63) is 82.4 Å². The number of methoxy groups -OCH3 is 1. The summed E-state index contributed by atoms with van der Waals surface area (Å²) in [4.78, 5) is 12.8. The first kappa shape index (κ1) is 22.7. The summed E-state index contributed by atoms with van der Waals surface area (Å²) in [5.41, 5.74) is 3.26.